The van der Waals surface area contributed by atoms with Gasteiger partial charge in [0.1, 0.15) is 5.82 Å². The van der Waals surface area contributed by atoms with Crippen molar-refractivity contribution < 1.29 is 0 Å². The Bertz CT molecular complexity index is 462. The van der Waals surface area contributed by atoms with Crippen LogP contribution in [0.15, 0.2) is 35.8 Å². The molecule has 0 amide bonds. The number of hydrogen-bond acceptors (Lipinski definition) is 4. The van der Waals surface area contributed by atoms with Crippen LogP contribution >= 0.6 is 11.3 Å². The molecule has 0 fully saturated rings. The second-order valence-electron chi connectivity index (χ2n) is 4.67. The normalized spacial score (nSPS) is 11.3. The topological polar surface area (TPSA) is 42.1 Å². The van der Waals surface area contributed by atoms with Crippen LogP contribution in [0.4, 0.5) is 5.82 Å². The molecule has 0 unspecified atom stereocenters. The first-order chi connectivity index (χ1) is 8.65. The highest BCUT2D eigenvalue weighted by Crippen LogP contribution is 2.16. The maximum atomic E-state index is 5.60. The van der Waals surface area contributed by atoms with Crippen molar-refractivity contribution in [3.63, 3.8) is 0 Å². The molecule has 18 heavy (non-hydrogen) atoms. The molecule has 0 aliphatic carbocycles. The van der Waals surface area contributed by atoms with Gasteiger partial charge in [-0.2, -0.15) is 0 Å². The Labute approximate surface area is 112 Å². The van der Waals surface area contributed by atoms with Crippen molar-refractivity contribution >= 4 is 17.2 Å². The number of thiophene rings is 1. The molecule has 0 saturated carbocycles. The molecule has 2 aromatic rings. The van der Waals surface area contributed by atoms with Gasteiger partial charge in [0.15, 0.2) is 0 Å². The van der Waals surface area contributed by atoms with Crippen molar-refractivity contribution in [3.8, 4) is 0 Å². The van der Waals surface area contributed by atoms with E-state index in [-0.39, 0.29) is 0 Å². The third-order valence-electron chi connectivity index (χ3n) is 2.90. The summed E-state index contributed by atoms with van der Waals surface area (Å²) in [5, 5.41) is 2.12. The van der Waals surface area contributed by atoms with E-state index in [2.05, 4.69) is 41.2 Å². The molecule has 96 valence electrons. The zero-order valence-corrected chi connectivity index (χ0v) is 11.7. The maximum absolute atomic E-state index is 5.60. The summed E-state index contributed by atoms with van der Waals surface area (Å²) in [4.78, 5) is 7.97. The SMILES string of the molecule is CC(C)N(Cc1ccc(N)nc1)Cc1cccs1. The van der Waals surface area contributed by atoms with Crippen molar-refractivity contribution in [2.45, 2.75) is 33.0 Å². The van der Waals surface area contributed by atoms with E-state index in [0.29, 0.717) is 11.9 Å². The van der Waals surface area contributed by atoms with Gasteiger partial charge in [0.05, 0.1) is 0 Å². The largest absolute Gasteiger partial charge is 0.384 e. The molecule has 2 N–H and O–H groups in total. The van der Waals surface area contributed by atoms with E-state index in [9.17, 15) is 0 Å². The summed E-state index contributed by atoms with van der Waals surface area (Å²) >= 11 is 1.80. The first kappa shape index (κ1) is 13.1. The summed E-state index contributed by atoms with van der Waals surface area (Å²) in [7, 11) is 0. The van der Waals surface area contributed by atoms with Crippen LogP contribution in [0.1, 0.15) is 24.3 Å². The summed E-state index contributed by atoms with van der Waals surface area (Å²) in [5.41, 5.74) is 6.81. The van der Waals surface area contributed by atoms with Crippen LogP contribution in [0.5, 0.6) is 0 Å². The Morgan fingerprint density at radius 2 is 2.11 bits per heavy atom. The number of aromatic nitrogens is 1. The lowest BCUT2D eigenvalue weighted by Crippen LogP contribution is -2.29. The van der Waals surface area contributed by atoms with Gasteiger partial charge in [-0.3, -0.25) is 4.90 Å². The lowest BCUT2D eigenvalue weighted by molar-refractivity contribution is 0.205. The zero-order valence-electron chi connectivity index (χ0n) is 10.8. The third-order valence-corrected chi connectivity index (χ3v) is 3.76. The summed E-state index contributed by atoms with van der Waals surface area (Å²) < 4.78 is 0. The number of anilines is 1. The van der Waals surface area contributed by atoms with Gasteiger partial charge in [-0.25, -0.2) is 4.98 Å². The number of nitrogens with two attached hydrogens (primary N) is 1. The van der Waals surface area contributed by atoms with Crippen molar-refractivity contribution in [1.82, 2.24) is 9.88 Å². The van der Waals surface area contributed by atoms with Gasteiger partial charge in [0, 0.05) is 30.2 Å². The summed E-state index contributed by atoms with van der Waals surface area (Å²) in [6.07, 6.45) is 1.86. The molecule has 0 radical (unpaired) electrons. The molecular weight excluding hydrogens is 242 g/mol. The number of pyridine rings is 1. The highest BCUT2D eigenvalue weighted by molar-refractivity contribution is 7.09. The van der Waals surface area contributed by atoms with Gasteiger partial charge in [-0.1, -0.05) is 12.1 Å². The average Bonchev–Trinajstić information content (AvgIpc) is 2.84. The van der Waals surface area contributed by atoms with E-state index in [4.69, 9.17) is 5.73 Å². The van der Waals surface area contributed by atoms with Gasteiger partial charge in [0.25, 0.3) is 0 Å². The van der Waals surface area contributed by atoms with E-state index in [1.807, 2.05) is 18.3 Å². The second-order valence-corrected chi connectivity index (χ2v) is 5.70. The lowest BCUT2D eigenvalue weighted by Gasteiger charge is -2.25. The minimum absolute atomic E-state index is 0.504. The average molecular weight is 261 g/mol. The fourth-order valence-electron chi connectivity index (χ4n) is 1.79. The molecule has 0 bridgehead atoms. The molecule has 0 aliphatic rings. The maximum Gasteiger partial charge on any atom is 0.123 e. The van der Waals surface area contributed by atoms with Crippen molar-refractivity contribution in [2.75, 3.05) is 5.73 Å². The lowest BCUT2D eigenvalue weighted by atomic mass is 10.2. The van der Waals surface area contributed by atoms with E-state index in [1.54, 1.807) is 11.3 Å². The van der Waals surface area contributed by atoms with Crippen LogP contribution < -0.4 is 5.73 Å². The van der Waals surface area contributed by atoms with Crippen molar-refractivity contribution in [2.24, 2.45) is 0 Å². The number of nitrogen functional groups attached to an aromatic ring is 1. The zero-order chi connectivity index (χ0) is 13.0. The van der Waals surface area contributed by atoms with Crippen molar-refractivity contribution in [1.29, 1.82) is 0 Å². The predicted octanol–water partition coefficient (Wildman–Crippen LogP) is 3.14. The highest BCUT2D eigenvalue weighted by Gasteiger charge is 2.11. The number of nitrogens with zero attached hydrogens (tertiary/aromatic N) is 2. The fourth-order valence-corrected chi connectivity index (χ4v) is 2.52. The van der Waals surface area contributed by atoms with Gasteiger partial charge >= 0.3 is 0 Å². The molecule has 3 nitrogen and oxygen atoms in total. The smallest absolute Gasteiger partial charge is 0.123 e. The monoisotopic (exact) mass is 261 g/mol. The molecule has 2 heterocycles. The molecule has 0 spiro atoms. The Morgan fingerprint density at radius 3 is 2.67 bits per heavy atom. The first-order valence-corrected chi connectivity index (χ1v) is 7.00. The Balaban J connectivity index is 2.04. The number of hydrogen-bond donors (Lipinski definition) is 1. The standard InChI is InChI=1S/C14H19N3S/c1-11(2)17(10-13-4-3-7-18-13)9-12-5-6-14(15)16-8-12/h3-8,11H,9-10H2,1-2H3,(H2,15,16). The molecule has 0 aromatic carbocycles. The minimum atomic E-state index is 0.504. The van der Waals surface area contributed by atoms with Gasteiger partial charge in [0.2, 0.25) is 0 Å². The molecule has 0 aliphatic heterocycles. The second kappa shape index (κ2) is 5.98. The van der Waals surface area contributed by atoms with E-state index in [0.717, 1.165) is 13.1 Å². The van der Waals surface area contributed by atoms with Gasteiger partial charge < -0.3 is 5.73 Å². The van der Waals surface area contributed by atoms with Crippen LogP contribution in [0.25, 0.3) is 0 Å². The van der Waals surface area contributed by atoms with Crippen LogP contribution in [0.3, 0.4) is 0 Å². The third kappa shape index (κ3) is 3.55. The molecule has 2 aromatic heterocycles. The molecule has 2 rings (SSSR count). The summed E-state index contributed by atoms with van der Waals surface area (Å²) in [6.45, 7) is 6.33. The highest BCUT2D eigenvalue weighted by atomic mass is 32.1. The molecule has 0 atom stereocenters. The van der Waals surface area contributed by atoms with Crippen LogP contribution in [0, 0.1) is 0 Å². The Hall–Kier alpha value is -1.39. The van der Waals surface area contributed by atoms with Crippen LogP contribution in [-0.4, -0.2) is 15.9 Å². The van der Waals surface area contributed by atoms with Crippen LogP contribution in [-0.2, 0) is 13.1 Å². The quantitative estimate of drug-likeness (QED) is 0.899. The molecule has 0 saturated heterocycles. The van der Waals surface area contributed by atoms with E-state index >= 15 is 0 Å². The molecule has 4 heteroatoms. The minimum Gasteiger partial charge on any atom is -0.384 e. The van der Waals surface area contributed by atoms with Crippen molar-refractivity contribution in [3.05, 3.63) is 46.3 Å². The van der Waals surface area contributed by atoms with Gasteiger partial charge in [-0.05, 0) is 36.9 Å². The predicted molar refractivity (Wildman–Crippen MR) is 77.4 cm³/mol. The summed E-state index contributed by atoms with van der Waals surface area (Å²) in [5.74, 6) is 0.577. The van der Waals surface area contributed by atoms with E-state index in [1.165, 1.54) is 10.4 Å². The van der Waals surface area contributed by atoms with E-state index < -0.39 is 0 Å². The fraction of sp³-hybridized carbons (Fsp3) is 0.357. The van der Waals surface area contributed by atoms with Crippen LogP contribution in [0.2, 0.25) is 0 Å². The Morgan fingerprint density at radius 1 is 1.28 bits per heavy atom. The first-order valence-electron chi connectivity index (χ1n) is 6.12. The summed E-state index contributed by atoms with van der Waals surface area (Å²) in [6, 6.07) is 8.69. The molecular formula is C14H19N3S. The Kier molecular flexibility index (Phi) is 4.33. The number of rotatable bonds is 5. The van der Waals surface area contributed by atoms with Gasteiger partial charge in [-0.15, -0.1) is 11.3 Å².